The molecule has 0 amide bonds. The topological polar surface area (TPSA) is 3.24 Å². The summed E-state index contributed by atoms with van der Waals surface area (Å²) in [7, 11) is 4.19. The van der Waals surface area contributed by atoms with Crippen molar-refractivity contribution in [2.45, 2.75) is 26.7 Å². The third kappa shape index (κ3) is 8.49. The van der Waals surface area contributed by atoms with E-state index in [-0.39, 0.29) is 24.8 Å². The number of fused-ring (bicyclic) bond motifs is 3. The monoisotopic (exact) mass is 627 g/mol. The summed E-state index contributed by atoms with van der Waals surface area (Å²) in [6, 6.07) is 37.3. The minimum atomic E-state index is 0. The number of benzene rings is 4. The standard InChI is InChI=1S/C15H14N.C13H10.C7H9.2ClH.Zr/c1-16(2)14-9-5-7-12-10-11-6-3-4-8-13(11)15(12)14;1-3-7-12(8-4-1)11-13-9-5-2-6-10-13;1-6-4-3-5-7(6)2;;;/h3-6,8-9H,10H2,1-2H3;1-10H;4H,5H2,1-2H3;2*1H;/q-1;;-1;;;+2/p-2. The third-order valence-electron chi connectivity index (χ3n) is 6.68. The molecule has 39 heavy (non-hydrogen) atoms. The molecule has 2 aliphatic carbocycles. The zero-order chi connectivity index (χ0) is 26.2. The fourth-order valence-corrected chi connectivity index (χ4v) is 5.27. The first kappa shape index (κ1) is 32.7. The Hall–Kier alpha value is -2.51. The summed E-state index contributed by atoms with van der Waals surface area (Å²) in [6.07, 6.45) is 7.24. The Balaban J connectivity index is 0.000000214. The number of halogens is 2. The van der Waals surface area contributed by atoms with Crippen LogP contribution in [0.4, 0.5) is 5.69 Å². The minimum absolute atomic E-state index is 0. The Labute approximate surface area is 261 Å². The molecule has 0 bridgehead atoms. The predicted molar refractivity (Wildman–Crippen MR) is 155 cm³/mol. The molecule has 0 N–H and O–H groups in total. The normalized spacial score (nSPS) is 11.9. The van der Waals surface area contributed by atoms with Crippen molar-refractivity contribution in [3.63, 3.8) is 0 Å². The van der Waals surface area contributed by atoms with Gasteiger partial charge >= 0.3 is 99.2 Å². The van der Waals surface area contributed by atoms with Crippen molar-refractivity contribution in [3.05, 3.63) is 149 Å². The molecule has 1 nitrogen and oxygen atoms in total. The second-order valence-corrected chi connectivity index (χ2v) is 10.8. The van der Waals surface area contributed by atoms with Crippen molar-refractivity contribution in [3.8, 4) is 11.1 Å². The van der Waals surface area contributed by atoms with E-state index >= 15 is 0 Å². The second-order valence-electron chi connectivity index (χ2n) is 9.54. The van der Waals surface area contributed by atoms with Gasteiger partial charge in [-0.15, -0.1) is 30.5 Å². The molecule has 4 aromatic carbocycles. The van der Waals surface area contributed by atoms with Crippen molar-refractivity contribution in [1.82, 2.24) is 0 Å². The zero-order valence-corrected chi connectivity index (χ0v) is 26.9. The van der Waals surface area contributed by atoms with Crippen LogP contribution < -0.4 is 29.7 Å². The number of rotatable bonds is 3. The molecule has 0 saturated carbocycles. The molecule has 0 saturated heterocycles. The van der Waals surface area contributed by atoms with Crippen molar-refractivity contribution < 1.29 is 49.0 Å². The van der Waals surface area contributed by atoms with E-state index in [2.05, 4.69) is 142 Å². The maximum atomic E-state index is 3.36. The van der Waals surface area contributed by atoms with Gasteiger partial charge in [0.15, 0.2) is 0 Å². The molecule has 0 unspecified atom stereocenters. The fourth-order valence-electron chi connectivity index (χ4n) is 4.45. The quantitative estimate of drug-likeness (QED) is 0.277. The Morgan fingerprint density at radius 2 is 1.33 bits per heavy atom. The van der Waals surface area contributed by atoms with Crippen molar-refractivity contribution in [1.29, 1.82) is 0 Å². The van der Waals surface area contributed by atoms with Crippen LogP contribution >= 0.6 is 0 Å². The Kier molecular flexibility index (Phi) is 13.4. The van der Waals surface area contributed by atoms with Gasteiger partial charge in [-0.2, -0.15) is 17.7 Å². The van der Waals surface area contributed by atoms with Crippen LogP contribution in [0, 0.1) is 12.1 Å². The molecule has 0 spiro atoms. The van der Waals surface area contributed by atoms with Crippen LogP contribution in [0.15, 0.2) is 114 Å². The molecule has 2 aliphatic rings. The molecular formula is C35H33Cl2NZr-2. The summed E-state index contributed by atoms with van der Waals surface area (Å²) >= 11 is 1.46. The van der Waals surface area contributed by atoms with E-state index in [1.807, 2.05) is 6.07 Å². The SMILES string of the molecule is CC1=C(C)C[C-]=C1.CN(C)c1cc[c-]c2c1-c1ccccc1C2.[Cl-].[Cl-].[Zr+2]=[C](c1ccccc1)c1ccccc1. The summed E-state index contributed by atoms with van der Waals surface area (Å²) in [5.41, 5.74) is 12.3. The molecule has 0 aromatic heterocycles. The van der Waals surface area contributed by atoms with Crippen LogP contribution in [0.25, 0.3) is 11.1 Å². The molecule has 6 rings (SSSR count). The molecule has 0 aliphatic heterocycles. The first-order valence-electron chi connectivity index (χ1n) is 12.7. The molecule has 0 atom stereocenters. The van der Waals surface area contributed by atoms with Gasteiger partial charge in [-0.3, -0.25) is 6.08 Å². The molecule has 4 heteroatoms. The van der Waals surface area contributed by atoms with Crippen LogP contribution in [0.3, 0.4) is 0 Å². The first-order chi connectivity index (χ1) is 18.0. The van der Waals surface area contributed by atoms with Gasteiger partial charge in [-0.25, -0.2) is 11.6 Å². The zero-order valence-electron chi connectivity index (χ0n) is 22.9. The van der Waals surface area contributed by atoms with E-state index in [0.29, 0.717) is 0 Å². The summed E-state index contributed by atoms with van der Waals surface area (Å²) in [6.45, 7) is 4.27. The van der Waals surface area contributed by atoms with Gasteiger partial charge in [-0.1, -0.05) is 48.0 Å². The van der Waals surface area contributed by atoms with Crippen LogP contribution in [0.5, 0.6) is 0 Å². The molecule has 198 valence electrons. The summed E-state index contributed by atoms with van der Waals surface area (Å²) < 4.78 is 1.42. The van der Waals surface area contributed by atoms with Crippen molar-refractivity contribution in [2.75, 3.05) is 19.0 Å². The molecule has 0 radical (unpaired) electrons. The predicted octanol–water partition coefficient (Wildman–Crippen LogP) is 2.02. The number of allylic oxidation sites excluding steroid dienone is 4. The summed E-state index contributed by atoms with van der Waals surface area (Å²) in [5.74, 6) is 0. The fraction of sp³-hybridized carbons (Fsp3) is 0.171. The van der Waals surface area contributed by atoms with Crippen LogP contribution in [-0.2, 0) is 30.7 Å². The Morgan fingerprint density at radius 3 is 1.82 bits per heavy atom. The Bertz CT molecular complexity index is 1380. The van der Waals surface area contributed by atoms with E-state index in [1.54, 1.807) is 0 Å². The third-order valence-corrected chi connectivity index (χ3v) is 8.10. The molecule has 0 fully saturated rings. The first-order valence-corrected chi connectivity index (χ1v) is 13.9. The van der Waals surface area contributed by atoms with E-state index in [4.69, 9.17) is 0 Å². The van der Waals surface area contributed by atoms with Gasteiger partial charge < -0.3 is 29.7 Å². The number of hydrogen-bond acceptors (Lipinski definition) is 1. The number of hydrogen-bond donors (Lipinski definition) is 0. The molecule has 4 aromatic rings. The van der Waals surface area contributed by atoms with Gasteiger partial charge in [-0.05, 0) is 6.42 Å². The van der Waals surface area contributed by atoms with Gasteiger partial charge in [0, 0.05) is 14.1 Å². The number of anilines is 1. The molecule has 0 heterocycles. The van der Waals surface area contributed by atoms with Gasteiger partial charge in [0.05, 0.1) is 0 Å². The summed E-state index contributed by atoms with van der Waals surface area (Å²) in [4.78, 5) is 2.18. The van der Waals surface area contributed by atoms with Gasteiger partial charge in [0.2, 0.25) is 0 Å². The van der Waals surface area contributed by atoms with E-state index in [9.17, 15) is 0 Å². The number of nitrogens with zero attached hydrogens (tertiary/aromatic N) is 1. The van der Waals surface area contributed by atoms with Crippen LogP contribution in [0.2, 0.25) is 0 Å². The van der Waals surface area contributed by atoms with Crippen LogP contribution in [0.1, 0.15) is 42.5 Å². The average molecular weight is 630 g/mol. The van der Waals surface area contributed by atoms with E-state index in [0.717, 1.165) is 12.8 Å². The van der Waals surface area contributed by atoms with Crippen molar-refractivity contribution >= 4 is 8.89 Å². The van der Waals surface area contributed by atoms with E-state index < -0.39 is 0 Å². The van der Waals surface area contributed by atoms with E-state index in [1.165, 1.54) is 77.7 Å². The van der Waals surface area contributed by atoms with Crippen LogP contribution in [-0.4, -0.2) is 17.3 Å². The Morgan fingerprint density at radius 1 is 0.769 bits per heavy atom. The summed E-state index contributed by atoms with van der Waals surface area (Å²) in [5, 5.41) is 0. The second kappa shape index (κ2) is 15.9. The molecular weight excluding hydrogens is 597 g/mol. The average Bonchev–Trinajstić information content (AvgIpc) is 3.51. The maximum absolute atomic E-state index is 3.36. The van der Waals surface area contributed by atoms with Crippen molar-refractivity contribution in [2.24, 2.45) is 0 Å². The van der Waals surface area contributed by atoms with Gasteiger partial charge in [0.1, 0.15) is 0 Å². The van der Waals surface area contributed by atoms with Gasteiger partial charge in [0.25, 0.3) is 0 Å².